The van der Waals surface area contributed by atoms with E-state index in [1.807, 2.05) is 0 Å². The maximum atomic E-state index is 10.8. The molecule has 146 valence electrons. The quantitative estimate of drug-likeness (QED) is 0.456. The second kappa shape index (κ2) is 8.28. The van der Waals surface area contributed by atoms with Crippen LogP contribution in [0, 0.1) is 42.9 Å². The first kappa shape index (κ1) is 19.7. The third kappa shape index (κ3) is 4.24. The predicted octanol–water partition coefficient (Wildman–Crippen LogP) is 3.52. The molecule has 0 spiro atoms. The fourth-order valence-corrected chi connectivity index (χ4v) is 2.37. The molecule has 3 rings (SSSR count). The van der Waals surface area contributed by atoms with E-state index < -0.39 is 9.85 Å². The van der Waals surface area contributed by atoms with Crippen molar-refractivity contribution in [3.63, 3.8) is 0 Å². The van der Waals surface area contributed by atoms with Crippen LogP contribution >= 0.6 is 0 Å². The summed E-state index contributed by atoms with van der Waals surface area (Å²) >= 11 is 0. The van der Waals surface area contributed by atoms with Crippen LogP contribution in [0.25, 0.3) is 0 Å². The van der Waals surface area contributed by atoms with E-state index in [4.69, 9.17) is 0 Å². The number of nitrogens with zero attached hydrogens (tertiary/aromatic N) is 6. The number of hydrogen-bond donors (Lipinski definition) is 2. The molecule has 2 aromatic carbocycles. The number of benzene rings is 2. The molecule has 0 saturated carbocycles. The van der Waals surface area contributed by atoms with E-state index in [9.17, 15) is 30.8 Å². The van der Waals surface area contributed by atoms with Gasteiger partial charge in [-0.3, -0.25) is 20.2 Å². The van der Waals surface area contributed by atoms with E-state index >= 15 is 0 Å². The molecule has 0 unspecified atom stereocenters. The highest BCUT2D eigenvalue weighted by molar-refractivity contribution is 5.74. The Kier molecular flexibility index (Phi) is 5.43. The topological polar surface area (TPSA) is 184 Å². The van der Waals surface area contributed by atoms with Gasteiger partial charge >= 0.3 is 0 Å². The highest BCUT2D eigenvalue weighted by Gasteiger charge is 2.15. The number of nitro groups is 2. The Morgan fingerprint density at radius 1 is 0.700 bits per heavy atom. The van der Waals surface area contributed by atoms with Crippen molar-refractivity contribution >= 4 is 34.4 Å². The van der Waals surface area contributed by atoms with Crippen molar-refractivity contribution in [2.75, 3.05) is 10.6 Å². The molecule has 0 radical (unpaired) electrons. The van der Waals surface area contributed by atoms with Crippen LogP contribution in [0.5, 0.6) is 0 Å². The number of nitriles is 2. The molecule has 1 aromatic heterocycles. The number of rotatable bonds is 6. The normalized spacial score (nSPS) is 9.80. The molecule has 0 aliphatic rings. The van der Waals surface area contributed by atoms with Crippen LogP contribution < -0.4 is 10.6 Å². The van der Waals surface area contributed by atoms with Gasteiger partial charge in [0, 0.05) is 35.6 Å². The summed E-state index contributed by atoms with van der Waals surface area (Å²) in [5, 5.41) is 45.8. The standard InChI is InChI=1S/C18H10N8O4/c19-9-15-16(10-20)24-18(22-12-3-7-14(8-4-12)26(29)30)17(23-15)21-11-1-5-13(6-2-11)25(27)28/h1-8H,(H,21,23)(H,22,24). The maximum Gasteiger partial charge on any atom is 0.269 e. The summed E-state index contributed by atoms with van der Waals surface area (Å²) in [4.78, 5) is 28.7. The summed E-state index contributed by atoms with van der Waals surface area (Å²) in [5.74, 6) is 0.163. The van der Waals surface area contributed by atoms with E-state index in [1.165, 1.54) is 48.5 Å². The summed E-state index contributed by atoms with van der Waals surface area (Å²) in [6.07, 6.45) is 0. The van der Waals surface area contributed by atoms with Crippen molar-refractivity contribution < 1.29 is 9.85 Å². The Balaban J connectivity index is 1.98. The molecule has 1 heterocycles. The number of nitro benzene ring substituents is 2. The summed E-state index contributed by atoms with van der Waals surface area (Å²) in [5.41, 5.74) is 0.222. The number of non-ortho nitro benzene ring substituents is 2. The fourth-order valence-electron chi connectivity index (χ4n) is 2.37. The molecule has 2 N–H and O–H groups in total. The Morgan fingerprint density at radius 2 is 1.03 bits per heavy atom. The van der Waals surface area contributed by atoms with E-state index in [0.717, 1.165) is 0 Å². The highest BCUT2D eigenvalue weighted by Crippen LogP contribution is 2.28. The number of nitrogens with one attached hydrogen (secondary N) is 2. The molecular formula is C18H10N8O4. The average Bonchev–Trinajstić information content (AvgIpc) is 2.75. The molecule has 0 aliphatic carbocycles. The van der Waals surface area contributed by atoms with Crippen molar-refractivity contribution in [2.24, 2.45) is 0 Å². The molecule has 12 heteroatoms. The lowest BCUT2D eigenvalue weighted by Gasteiger charge is -2.13. The van der Waals surface area contributed by atoms with Crippen molar-refractivity contribution in [3.8, 4) is 12.1 Å². The third-order valence-electron chi connectivity index (χ3n) is 3.79. The smallest absolute Gasteiger partial charge is 0.269 e. The Bertz CT molecular complexity index is 1110. The van der Waals surface area contributed by atoms with Crippen LogP contribution in [-0.4, -0.2) is 19.8 Å². The SMILES string of the molecule is N#Cc1nc(Nc2ccc([N+](=O)[O-])cc2)c(Nc2ccc([N+](=O)[O-])cc2)nc1C#N. The van der Waals surface area contributed by atoms with E-state index in [0.29, 0.717) is 11.4 Å². The van der Waals surface area contributed by atoms with Crippen molar-refractivity contribution in [1.82, 2.24) is 9.97 Å². The Morgan fingerprint density at radius 3 is 1.30 bits per heavy atom. The largest absolute Gasteiger partial charge is 0.337 e. The van der Waals surface area contributed by atoms with Gasteiger partial charge in [0.1, 0.15) is 12.1 Å². The lowest BCUT2D eigenvalue weighted by atomic mass is 10.2. The van der Waals surface area contributed by atoms with Crippen LogP contribution in [0.3, 0.4) is 0 Å². The van der Waals surface area contributed by atoms with Crippen LogP contribution in [0.15, 0.2) is 48.5 Å². The monoisotopic (exact) mass is 402 g/mol. The van der Waals surface area contributed by atoms with Gasteiger partial charge in [0.25, 0.3) is 11.4 Å². The molecule has 0 saturated heterocycles. The van der Waals surface area contributed by atoms with Gasteiger partial charge in [0.15, 0.2) is 23.0 Å². The van der Waals surface area contributed by atoms with Gasteiger partial charge in [-0.2, -0.15) is 10.5 Å². The van der Waals surface area contributed by atoms with Gasteiger partial charge < -0.3 is 10.6 Å². The fraction of sp³-hybridized carbons (Fsp3) is 0. The Hall–Kier alpha value is -5.10. The van der Waals surface area contributed by atoms with Gasteiger partial charge in [0.2, 0.25) is 0 Å². The van der Waals surface area contributed by atoms with Crippen molar-refractivity contribution in [1.29, 1.82) is 10.5 Å². The van der Waals surface area contributed by atoms with E-state index in [2.05, 4.69) is 20.6 Å². The van der Waals surface area contributed by atoms with Crippen molar-refractivity contribution in [2.45, 2.75) is 0 Å². The molecule has 12 nitrogen and oxygen atoms in total. The van der Waals surface area contributed by atoms with Crippen LogP contribution in [0.1, 0.15) is 11.4 Å². The molecule has 0 fully saturated rings. The minimum Gasteiger partial charge on any atom is -0.337 e. The van der Waals surface area contributed by atoms with E-state index in [1.54, 1.807) is 12.1 Å². The first-order valence-electron chi connectivity index (χ1n) is 8.16. The summed E-state index contributed by atoms with van der Waals surface area (Å²) in [6.45, 7) is 0. The summed E-state index contributed by atoms with van der Waals surface area (Å²) in [6, 6.07) is 14.5. The van der Waals surface area contributed by atoms with Gasteiger partial charge in [-0.15, -0.1) is 0 Å². The Labute approximate surface area is 168 Å². The first-order chi connectivity index (χ1) is 14.4. The van der Waals surface area contributed by atoms with Gasteiger partial charge in [-0.1, -0.05) is 0 Å². The zero-order chi connectivity index (χ0) is 21.7. The van der Waals surface area contributed by atoms with Gasteiger partial charge in [-0.05, 0) is 24.3 Å². The third-order valence-corrected chi connectivity index (χ3v) is 3.79. The number of anilines is 4. The summed E-state index contributed by atoms with van der Waals surface area (Å²) in [7, 11) is 0. The maximum absolute atomic E-state index is 10.8. The molecule has 0 aliphatic heterocycles. The molecule has 0 atom stereocenters. The molecule has 30 heavy (non-hydrogen) atoms. The van der Waals surface area contributed by atoms with Crippen LogP contribution in [0.4, 0.5) is 34.4 Å². The highest BCUT2D eigenvalue weighted by atomic mass is 16.6. The van der Waals surface area contributed by atoms with Crippen LogP contribution in [-0.2, 0) is 0 Å². The first-order valence-corrected chi connectivity index (χ1v) is 8.16. The number of hydrogen-bond acceptors (Lipinski definition) is 10. The molecular weight excluding hydrogens is 392 g/mol. The summed E-state index contributed by atoms with van der Waals surface area (Å²) < 4.78 is 0. The molecule has 0 amide bonds. The zero-order valence-corrected chi connectivity index (χ0v) is 14.9. The lowest BCUT2D eigenvalue weighted by molar-refractivity contribution is -0.385. The van der Waals surface area contributed by atoms with Crippen LogP contribution in [0.2, 0.25) is 0 Å². The minimum absolute atomic E-state index is 0.0813. The number of aromatic nitrogens is 2. The lowest BCUT2D eigenvalue weighted by Crippen LogP contribution is -2.06. The van der Waals surface area contributed by atoms with E-state index in [-0.39, 0.29) is 34.4 Å². The minimum atomic E-state index is -0.541. The predicted molar refractivity (Wildman–Crippen MR) is 104 cm³/mol. The molecule has 0 bridgehead atoms. The average molecular weight is 402 g/mol. The van der Waals surface area contributed by atoms with Gasteiger partial charge in [0.05, 0.1) is 9.85 Å². The molecule has 3 aromatic rings. The van der Waals surface area contributed by atoms with Gasteiger partial charge in [-0.25, -0.2) is 9.97 Å². The van der Waals surface area contributed by atoms with Crippen molar-refractivity contribution in [3.05, 3.63) is 80.1 Å². The zero-order valence-electron chi connectivity index (χ0n) is 14.9. The second-order valence-electron chi connectivity index (χ2n) is 5.70. The second-order valence-corrected chi connectivity index (χ2v) is 5.70.